The van der Waals surface area contributed by atoms with Gasteiger partial charge in [0, 0.05) is 37.6 Å². The van der Waals surface area contributed by atoms with Crippen molar-refractivity contribution in [2.75, 3.05) is 13.7 Å². The highest BCUT2D eigenvalue weighted by Crippen LogP contribution is 2.22. The Bertz CT molecular complexity index is 557. The molecule has 0 atom stereocenters. The molecular formula is C17H23N3O. The molecule has 0 radical (unpaired) electrons. The van der Waals surface area contributed by atoms with E-state index in [9.17, 15) is 0 Å². The molecule has 1 aromatic heterocycles. The Morgan fingerprint density at radius 1 is 1.10 bits per heavy atom. The van der Waals surface area contributed by atoms with Crippen molar-refractivity contribution in [1.82, 2.24) is 9.88 Å². The quantitative estimate of drug-likeness (QED) is 0.849. The predicted molar refractivity (Wildman–Crippen MR) is 84.9 cm³/mol. The molecule has 2 rings (SSSR count). The second-order valence-electron chi connectivity index (χ2n) is 5.01. The topological polar surface area (TPSA) is 51.4 Å². The molecule has 2 aromatic rings. The van der Waals surface area contributed by atoms with Crippen molar-refractivity contribution >= 4 is 0 Å². The third-order valence-corrected chi connectivity index (χ3v) is 3.58. The summed E-state index contributed by atoms with van der Waals surface area (Å²) in [6, 6.07) is 10.2. The number of hydrogen-bond acceptors (Lipinski definition) is 4. The summed E-state index contributed by atoms with van der Waals surface area (Å²) in [4.78, 5) is 6.43. The fraction of sp³-hybridized carbons (Fsp3) is 0.353. The van der Waals surface area contributed by atoms with Crippen LogP contribution in [0.4, 0.5) is 0 Å². The van der Waals surface area contributed by atoms with Crippen LogP contribution in [0.5, 0.6) is 5.75 Å². The Morgan fingerprint density at radius 3 is 2.48 bits per heavy atom. The lowest BCUT2D eigenvalue weighted by atomic mass is 10.1. The molecule has 0 aliphatic rings. The lowest BCUT2D eigenvalue weighted by molar-refractivity contribution is 0.266. The average molecular weight is 285 g/mol. The number of pyridine rings is 1. The molecule has 0 fully saturated rings. The van der Waals surface area contributed by atoms with Gasteiger partial charge < -0.3 is 10.5 Å². The highest BCUT2D eigenvalue weighted by molar-refractivity contribution is 5.37. The van der Waals surface area contributed by atoms with Crippen molar-refractivity contribution in [3.63, 3.8) is 0 Å². The van der Waals surface area contributed by atoms with Gasteiger partial charge in [0.05, 0.1) is 7.11 Å². The zero-order valence-electron chi connectivity index (χ0n) is 12.7. The molecule has 4 heteroatoms. The van der Waals surface area contributed by atoms with Gasteiger partial charge in [-0.25, -0.2) is 0 Å². The third-order valence-electron chi connectivity index (χ3n) is 3.58. The van der Waals surface area contributed by atoms with Crippen LogP contribution in [0.25, 0.3) is 0 Å². The summed E-state index contributed by atoms with van der Waals surface area (Å²) in [5.74, 6) is 0.917. The zero-order chi connectivity index (χ0) is 15.1. The van der Waals surface area contributed by atoms with E-state index in [0.717, 1.165) is 30.9 Å². The maximum absolute atomic E-state index is 5.74. The molecule has 1 heterocycles. The molecule has 2 N–H and O–H groups in total. The van der Waals surface area contributed by atoms with Crippen LogP contribution in [0.2, 0.25) is 0 Å². The van der Waals surface area contributed by atoms with Crippen molar-refractivity contribution in [2.24, 2.45) is 5.73 Å². The summed E-state index contributed by atoms with van der Waals surface area (Å²) < 4.78 is 5.46. The Hall–Kier alpha value is -1.91. The van der Waals surface area contributed by atoms with Gasteiger partial charge in [0.25, 0.3) is 0 Å². The summed E-state index contributed by atoms with van der Waals surface area (Å²) in [7, 11) is 1.71. The van der Waals surface area contributed by atoms with Gasteiger partial charge in [-0.15, -0.1) is 0 Å². The molecule has 4 nitrogen and oxygen atoms in total. The molecule has 0 aliphatic carbocycles. The van der Waals surface area contributed by atoms with Gasteiger partial charge in [-0.3, -0.25) is 9.88 Å². The van der Waals surface area contributed by atoms with Crippen LogP contribution in [0.3, 0.4) is 0 Å². The molecule has 0 unspecified atom stereocenters. The molecule has 0 saturated carbocycles. The largest absolute Gasteiger partial charge is 0.496 e. The number of ether oxygens (including phenoxy) is 1. The summed E-state index contributed by atoms with van der Waals surface area (Å²) >= 11 is 0. The van der Waals surface area contributed by atoms with Crippen molar-refractivity contribution in [3.8, 4) is 5.75 Å². The summed E-state index contributed by atoms with van der Waals surface area (Å²) in [6.07, 6.45) is 3.66. The first-order valence-electron chi connectivity index (χ1n) is 7.24. The highest BCUT2D eigenvalue weighted by Gasteiger charge is 2.10. The Morgan fingerprint density at radius 2 is 1.86 bits per heavy atom. The van der Waals surface area contributed by atoms with E-state index in [0.29, 0.717) is 6.54 Å². The first-order valence-corrected chi connectivity index (χ1v) is 7.24. The SMILES string of the molecule is CCN(Cc1ccncc1)Cc1cc(CN)ccc1OC. The van der Waals surface area contributed by atoms with Crippen molar-refractivity contribution in [3.05, 3.63) is 59.4 Å². The van der Waals surface area contributed by atoms with Crippen LogP contribution in [-0.4, -0.2) is 23.5 Å². The van der Waals surface area contributed by atoms with Crippen LogP contribution in [0, 0.1) is 0 Å². The first kappa shape index (κ1) is 15.5. The minimum Gasteiger partial charge on any atom is -0.496 e. The van der Waals surface area contributed by atoms with Gasteiger partial charge in [0.1, 0.15) is 5.75 Å². The molecule has 112 valence electrons. The number of benzene rings is 1. The number of nitrogens with zero attached hydrogens (tertiary/aromatic N) is 2. The number of hydrogen-bond donors (Lipinski definition) is 1. The van der Waals surface area contributed by atoms with E-state index in [4.69, 9.17) is 10.5 Å². The van der Waals surface area contributed by atoms with Crippen LogP contribution >= 0.6 is 0 Å². The Kier molecular flexibility index (Phi) is 5.72. The van der Waals surface area contributed by atoms with E-state index >= 15 is 0 Å². The van der Waals surface area contributed by atoms with Gasteiger partial charge in [0.15, 0.2) is 0 Å². The Balaban J connectivity index is 2.14. The van der Waals surface area contributed by atoms with Gasteiger partial charge in [0.2, 0.25) is 0 Å². The summed E-state index contributed by atoms with van der Waals surface area (Å²) in [5.41, 5.74) is 9.31. The fourth-order valence-electron chi connectivity index (χ4n) is 2.35. The number of nitrogens with two attached hydrogens (primary N) is 1. The highest BCUT2D eigenvalue weighted by atomic mass is 16.5. The predicted octanol–water partition coefficient (Wildman–Crippen LogP) is 2.57. The molecule has 0 aliphatic heterocycles. The van der Waals surface area contributed by atoms with Gasteiger partial charge in [-0.2, -0.15) is 0 Å². The molecule has 1 aromatic carbocycles. The minimum atomic E-state index is 0.549. The fourth-order valence-corrected chi connectivity index (χ4v) is 2.35. The van der Waals surface area contributed by atoms with Crippen molar-refractivity contribution in [1.29, 1.82) is 0 Å². The van der Waals surface area contributed by atoms with Gasteiger partial charge in [-0.1, -0.05) is 13.0 Å². The standard InChI is InChI=1S/C17H23N3O/c1-3-20(12-14-6-8-19-9-7-14)13-16-10-15(11-18)4-5-17(16)21-2/h4-10H,3,11-13,18H2,1-2H3. The summed E-state index contributed by atoms with van der Waals surface area (Å²) in [6.45, 7) is 5.43. The van der Waals surface area contributed by atoms with Crippen LogP contribution < -0.4 is 10.5 Å². The first-order chi connectivity index (χ1) is 10.3. The normalized spacial score (nSPS) is 10.9. The lowest BCUT2D eigenvalue weighted by Gasteiger charge is -2.22. The molecule has 0 spiro atoms. The van der Waals surface area contributed by atoms with Crippen molar-refractivity contribution in [2.45, 2.75) is 26.6 Å². The van der Waals surface area contributed by atoms with E-state index in [-0.39, 0.29) is 0 Å². The molecule has 0 amide bonds. The third kappa shape index (κ3) is 4.28. The van der Waals surface area contributed by atoms with Gasteiger partial charge >= 0.3 is 0 Å². The molecule has 0 bridgehead atoms. The lowest BCUT2D eigenvalue weighted by Crippen LogP contribution is -2.22. The van der Waals surface area contributed by atoms with E-state index in [1.807, 2.05) is 24.5 Å². The van der Waals surface area contributed by atoms with E-state index in [1.54, 1.807) is 7.11 Å². The van der Waals surface area contributed by atoms with E-state index in [2.05, 4.69) is 35.0 Å². The monoisotopic (exact) mass is 285 g/mol. The average Bonchev–Trinajstić information content (AvgIpc) is 2.55. The second-order valence-corrected chi connectivity index (χ2v) is 5.01. The maximum atomic E-state index is 5.74. The zero-order valence-corrected chi connectivity index (χ0v) is 12.7. The van der Waals surface area contributed by atoms with Crippen LogP contribution in [0.15, 0.2) is 42.7 Å². The molecular weight excluding hydrogens is 262 g/mol. The minimum absolute atomic E-state index is 0.549. The maximum Gasteiger partial charge on any atom is 0.123 e. The van der Waals surface area contributed by atoms with Crippen LogP contribution in [0.1, 0.15) is 23.6 Å². The van der Waals surface area contributed by atoms with E-state index < -0.39 is 0 Å². The number of rotatable bonds is 7. The molecule has 0 saturated heterocycles. The number of methoxy groups -OCH3 is 1. The van der Waals surface area contributed by atoms with Crippen molar-refractivity contribution < 1.29 is 4.74 Å². The molecule has 21 heavy (non-hydrogen) atoms. The van der Waals surface area contributed by atoms with E-state index in [1.165, 1.54) is 11.1 Å². The van der Waals surface area contributed by atoms with Gasteiger partial charge in [-0.05, 0) is 41.9 Å². The number of aromatic nitrogens is 1. The smallest absolute Gasteiger partial charge is 0.123 e. The summed E-state index contributed by atoms with van der Waals surface area (Å²) in [5, 5.41) is 0. The Labute approximate surface area is 126 Å². The second kappa shape index (κ2) is 7.76. The van der Waals surface area contributed by atoms with Crippen LogP contribution in [-0.2, 0) is 19.6 Å².